The fourth-order valence-corrected chi connectivity index (χ4v) is 2.80. The summed E-state index contributed by atoms with van der Waals surface area (Å²) in [5, 5.41) is 0. The Labute approximate surface area is 74.0 Å². The normalized spacial score (nSPS) is 11.7. The van der Waals surface area contributed by atoms with Gasteiger partial charge in [0.15, 0.2) is 0 Å². The maximum atomic E-state index is 10.9. The number of hydrogen-bond donors (Lipinski definition) is 2. The van der Waals surface area contributed by atoms with Crippen molar-refractivity contribution in [1.29, 1.82) is 0 Å². The summed E-state index contributed by atoms with van der Waals surface area (Å²) in [5.74, 6) is 0. The molecule has 0 aliphatic carbocycles. The first-order valence-electron chi connectivity index (χ1n) is 3.54. The molecule has 1 rings (SSSR count). The molecule has 4 heteroatoms. The molecule has 3 nitrogen and oxygen atoms in total. The van der Waals surface area contributed by atoms with Gasteiger partial charge in [0.25, 0.3) is 0 Å². The SMILES string of the molecule is Cc1ccc([As](=O)(O)O)c(C)c1. The Bertz CT molecular complexity index is 340. The molecular weight excluding hydrogens is 219 g/mol. The van der Waals surface area contributed by atoms with Crippen LogP contribution in [-0.2, 0) is 3.74 Å². The number of hydrogen-bond acceptors (Lipinski definition) is 1. The van der Waals surface area contributed by atoms with Crippen LogP contribution in [0, 0.1) is 13.8 Å². The summed E-state index contributed by atoms with van der Waals surface area (Å²) < 4.78 is 29.0. The van der Waals surface area contributed by atoms with Crippen LogP contribution in [-0.4, -0.2) is 22.4 Å². The van der Waals surface area contributed by atoms with E-state index in [0.717, 1.165) is 5.56 Å². The Morgan fingerprint density at radius 3 is 2.25 bits per heavy atom. The number of rotatable bonds is 1. The molecule has 0 fully saturated rings. The fraction of sp³-hybridized carbons (Fsp3) is 0.250. The third-order valence-electron chi connectivity index (χ3n) is 1.67. The zero-order valence-corrected chi connectivity index (χ0v) is 8.86. The van der Waals surface area contributed by atoms with E-state index >= 15 is 0 Å². The average Bonchev–Trinajstić information content (AvgIpc) is 1.83. The summed E-state index contributed by atoms with van der Waals surface area (Å²) in [5.41, 5.74) is 1.68. The maximum absolute atomic E-state index is 10.9. The van der Waals surface area contributed by atoms with E-state index in [2.05, 4.69) is 0 Å². The number of aryl methyl sites for hydroxylation is 2. The van der Waals surface area contributed by atoms with E-state index in [4.69, 9.17) is 8.19 Å². The second-order valence-corrected chi connectivity index (χ2v) is 6.13. The topological polar surface area (TPSA) is 57.5 Å². The van der Waals surface area contributed by atoms with Gasteiger partial charge in [-0.25, -0.2) is 0 Å². The molecule has 1 aromatic rings. The second-order valence-electron chi connectivity index (χ2n) is 2.83. The molecule has 0 atom stereocenters. The van der Waals surface area contributed by atoms with Crippen molar-refractivity contribution >= 4 is 18.5 Å². The summed E-state index contributed by atoms with van der Waals surface area (Å²) in [6.07, 6.45) is 0. The minimum absolute atomic E-state index is 0.179. The van der Waals surface area contributed by atoms with Gasteiger partial charge in [0.05, 0.1) is 0 Å². The summed E-state index contributed by atoms with van der Waals surface area (Å²) in [6, 6.07) is 4.99. The summed E-state index contributed by atoms with van der Waals surface area (Å²) in [4.78, 5) is 0. The van der Waals surface area contributed by atoms with Crippen LogP contribution in [0.4, 0.5) is 0 Å². The Morgan fingerprint density at radius 1 is 1.25 bits per heavy atom. The molecule has 2 N–H and O–H groups in total. The van der Waals surface area contributed by atoms with E-state index in [1.54, 1.807) is 19.1 Å². The van der Waals surface area contributed by atoms with Crippen molar-refractivity contribution in [3.05, 3.63) is 29.3 Å². The summed E-state index contributed by atoms with van der Waals surface area (Å²) in [6.45, 7) is 3.60. The van der Waals surface area contributed by atoms with E-state index in [-0.39, 0.29) is 4.35 Å². The van der Waals surface area contributed by atoms with Crippen molar-refractivity contribution in [2.24, 2.45) is 0 Å². The molecule has 0 amide bonds. The first-order chi connectivity index (χ1) is 5.41. The molecule has 0 unspecified atom stereocenters. The number of benzene rings is 1. The van der Waals surface area contributed by atoms with E-state index in [9.17, 15) is 3.74 Å². The van der Waals surface area contributed by atoms with Crippen LogP contribution in [0.15, 0.2) is 18.2 Å². The van der Waals surface area contributed by atoms with Crippen LogP contribution in [0.2, 0.25) is 0 Å². The van der Waals surface area contributed by atoms with E-state index in [1.165, 1.54) is 6.07 Å². The Balaban J connectivity index is 3.28. The molecule has 0 heterocycles. The van der Waals surface area contributed by atoms with Gasteiger partial charge in [-0.2, -0.15) is 0 Å². The van der Waals surface area contributed by atoms with Crippen molar-refractivity contribution in [2.75, 3.05) is 0 Å². The van der Waals surface area contributed by atoms with Gasteiger partial charge in [0.2, 0.25) is 0 Å². The molecule has 0 aliphatic heterocycles. The van der Waals surface area contributed by atoms with Crippen LogP contribution in [0.5, 0.6) is 0 Å². The summed E-state index contributed by atoms with van der Waals surface area (Å²) >= 11 is -4.68. The van der Waals surface area contributed by atoms with E-state index in [0.29, 0.717) is 5.56 Å². The Morgan fingerprint density at radius 2 is 1.83 bits per heavy atom. The molecular formula is C8H11AsO3. The molecule has 1 aromatic carbocycles. The van der Waals surface area contributed by atoms with Gasteiger partial charge >= 0.3 is 73.6 Å². The molecule has 0 spiro atoms. The van der Waals surface area contributed by atoms with Crippen LogP contribution in [0.3, 0.4) is 0 Å². The zero-order valence-electron chi connectivity index (χ0n) is 6.98. The van der Waals surface area contributed by atoms with E-state index < -0.39 is 14.2 Å². The van der Waals surface area contributed by atoms with Crippen molar-refractivity contribution in [1.82, 2.24) is 0 Å². The van der Waals surface area contributed by atoms with Gasteiger partial charge in [0, 0.05) is 0 Å². The van der Waals surface area contributed by atoms with Crippen molar-refractivity contribution in [3.8, 4) is 0 Å². The zero-order chi connectivity index (χ0) is 9.35. The van der Waals surface area contributed by atoms with Crippen molar-refractivity contribution < 1.29 is 11.9 Å². The molecule has 66 valence electrons. The van der Waals surface area contributed by atoms with Gasteiger partial charge in [0.1, 0.15) is 0 Å². The molecule has 0 saturated carbocycles. The van der Waals surface area contributed by atoms with Gasteiger partial charge < -0.3 is 0 Å². The van der Waals surface area contributed by atoms with Crippen LogP contribution < -0.4 is 4.35 Å². The molecule has 0 aromatic heterocycles. The Kier molecular flexibility index (Phi) is 2.47. The van der Waals surface area contributed by atoms with Crippen LogP contribution >= 0.6 is 0 Å². The van der Waals surface area contributed by atoms with E-state index in [1.807, 2.05) is 6.92 Å². The van der Waals surface area contributed by atoms with Gasteiger partial charge in [-0.3, -0.25) is 0 Å². The molecule has 0 radical (unpaired) electrons. The second kappa shape index (κ2) is 3.09. The van der Waals surface area contributed by atoms with Gasteiger partial charge in [-0.15, -0.1) is 0 Å². The Hall–Kier alpha value is -0.502. The fourth-order valence-electron chi connectivity index (χ4n) is 1.13. The third kappa shape index (κ3) is 2.00. The summed E-state index contributed by atoms with van der Waals surface area (Å²) in [7, 11) is 0. The standard InChI is InChI=1S/C8H11AsO3/c1-6-3-4-8(7(2)5-6)9(10,11)12/h3-5H,1-2H3,(H2,10,11,12). The van der Waals surface area contributed by atoms with Gasteiger partial charge in [-0.1, -0.05) is 0 Å². The third-order valence-corrected chi connectivity index (χ3v) is 4.04. The predicted molar refractivity (Wildman–Crippen MR) is 46.4 cm³/mol. The van der Waals surface area contributed by atoms with Gasteiger partial charge in [-0.05, 0) is 0 Å². The van der Waals surface area contributed by atoms with Crippen molar-refractivity contribution in [2.45, 2.75) is 13.8 Å². The molecule has 0 aliphatic rings. The predicted octanol–water partition coefficient (Wildman–Crippen LogP) is -0.136. The quantitative estimate of drug-likeness (QED) is 0.660. The molecule has 12 heavy (non-hydrogen) atoms. The molecule has 0 bridgehead atoms. The first kappa shape index (κ1) is 9.59. The average molecular weight is 230 g/mol. The van der Waals surface area contributed by atoms with Crippen LogP contribution in [0.1, 0.15) is 11.1 Å². The monoisotopic (exact) mass is 230 g/mol. The molecule has 0 saturated heterocycles. The first-order valence-corrected chi connectivity index (χ1v) is 6.93. The van der Waals surface area contributed by atoms with Crippen molar-refractivity contribution in [3.63, 3.8) is 0 Å². The minimum atomic E-state index is -4.68. The van der Waals surface area contributed by atoms with Crippen LogP contribution in [0.25, 0.3) is 0 Å².